The molecule has 0 saturated heterocycles. The third kappa shape index (κ3) is 6.31. The second-order valence-electron chi connectivity index (χ2n) is 6.28. The van der Waals surface area contributed by atoms with Gasteiger partial charge in [-0.15, -0.1) is 0 Å². The summed E-state index contributed by atoms with van der Waals surface area (Å²) in [5.41, 5.74) is 3.90. The molecule has 0 spiro atoms. The Morgan fingerprint density at radius 2 is 1.38 bits per heavy atom. The first-order chi connectivity index (χ1) is 12.6. The monoisotopic (exact) mass is 352 g/mol. The highest BCUT2D eigenvalue weighted by atomic mass is 16.1. The maximum Gasteiger partial charge on any atom is 0.217 e. The van der Waals surface area contributed by atoms with E-state index in [1.807, 2.05) is 36.4 Å². The van der Waals surface area contributed by atoms with E-state index in [1.165, 1.54) is 12.6 Å². The van der Waals surface area contributed by atoms with E-state index in [-0.39, 0.29) is 5.91 Å². The highest BCUT2D eigenvalue weighted by Gasteiger charge is 2.04. The van der Waals surface area contributed by atoms with Crippen molar-refractivity contribution in [3.05, 3.63) is 54.1 Å². The van der Waals surface area contributed by atoms with Crippen molar-refractivity contribution >= 4 is 23.0 Å². The fourth-order valence-electron chi connectivity index (χ4n) is 2.66. The van der Waals surface area contributed by atoms with Gasteiger partial charge in [0, 0.05) is 32.2 Å². The summed E-state index contributed by atoms with van der Waals surface area (Å²) in [6.07, 6.45) is 2.28. The average molecular weight is 352 g/mol. The van der Waals surface area contributed by atoms with Crippen LogP contribution in [0.3, 0.4) is 0 Å². The summed E-state index contributed by atoms with van der Waals surface area (Å²) < 4.78 is 0. The molecule has 0 saturated carbocycles. The number of nitrogens with zero attached hydrogens (tertiary/aromatic N) is 3. The zero-order chi connectivity index (χ0) is 18.8. The summed E-state index contributed by atoms with van der Waals surface area (Å²) in [5, 5.41) is 11.4. The molecule has 5 heteroatoms. The summed E-state index contributed by atoms with van der Waals surface area (Å²) in [5.74, 6) is -0.0337. The normalized spacial score (nSPS) is 10.9. The van der Waals surface area contributed by atoms with Crippen LogP contribution in [0.5, 0.6) is 0 Å². The summed E-state index contributed by atoms with van der Waals surface area (Å²) in [4.78, 5) is 13.3. The number of azo groups is 1. The first kappa shape index (κ1) is 19.6. The van der Waals surface area contributed by atoms with E-state index < -0.39 is 0 Å². The number of nitrogens with one attached hydrogen (secondary N) is 1. The third-order valence-corrected chi connectivity index (χ3v) is 3.96. The van der Waals surface area contributed by atoms with Crippen molar-refractivity contribution in [1.82, 2.24) is 5.32 Å². The van der Waals surface area contributed by atoms with Crippen LogP contribution in [-0.2, 0) is 11.3 Å². The van der Waals surface area contributed by atoms with Gasteiger partial charge < -0.3 is 10.2 Å². The van der Waals surface area contributed by atoms with E-state index in [1.54, 1.807) is 0 Å². The lowest BCUT2D eigenvalue weighted by Gasteiger charge is -2.23. The lowest BCUT2D eigenvalue weighted by Crippen LogP contribution is -2.24. The van der Waals surface area contributed by atoms with Crippen LogP contribution >= 0.6 is 0 Å². The molecule has 0 fully saturated rings. The molecule has 0 atom stereocenters. The number of carbonyl (C=O) groups is 1. The number of carbonyl (C=O) groups excluding carboxylic acids is 1. The molecule has 1 N–H and O–H groups in total. The van der Waals surface area contributed by atoms with E-state index >= 15 is 0 Å². The molecule has 26 heavy (non-hydrogen) atoms. The zero-order valence-electron chi connectivity index (χ0n) is 15.9. The smallest absolute Gasteiger partial charge is 0.217 e. The Labute approximate surface area is 156 Å². The Hall–Kier alpha value is -2.69. The maximum atomic E-state index is 10.9. The van der Waals surface area contributed by atoms with Crippen molar-refractivity contribution in [1.29, 1.82) is 0 Å². The number of hydrogen-bond donors (Lipinski definition) is 1. The highest BCUT2D eigenvalue weighted by Crippen LogP contribution is 2.23. The molecule has 0 aliphatic heterocycles. The molecule has 0 aliphatic rings. The predicted octanol–water partition coefficient (Wildman–Crippen LogP) is 5.36. The fraction of sp³-hybridized carbons (Fsp3) is 0.381. The van der Waals surface area contributed by atoms with Gasteiger partial charge in [-0.2, -0.15) is 10.2 Å². The van der Waals surface area contributed by atoms with Gasteiger partial charge in [-0.25, -0.2) is 0 Å². The fourth-order valence-corrected chi connectivity index (χ4v) is 2.66. The van der Waals surface area contributed by atoms with Gasteiger partial charge in [-0.3, -0.25) is 4.79 Å². The lowest BCUT2D eigenvalue weighted by molar-refractivity contribution is -0.119. The Balaban J connectivity index is 1.98. The largest absolute Gasteiger partial charge is 0.372 e. The van der Waals surface area contributed by atoms with Gasteiger partial charge in [0.2, 0.25) is 5.91 Å². The number of hydrogen-bond acceptors (Lipinski definition) is 4. The van der Waals surface area contributed by atoms with E-state index in [9.17, 15) is 4.79 Å². The topological polar surface area (TPSA) is 57.1 Å². The van der Waals surface area contributed by atoms with Crippen molar-refractivity contribution in [3.63, 3.8) is 0 Å². The van der Waals surface area contributed by atoms with Gasteiger partial charge in [0.15, 0.2) is 0 Å². The third-order valence-electron chi connectivity index (χ3n) is 3.96. The number of benzene rings is 2. The van der Waals surface area contributed by atoms with Crippen molar-refractivity contribution in [3.8, 4) is 0 Å². The van der Waals surface area contributed by atoms with Crippen LogP contribution in [0.4, 0.5) is 17.1 Å². The molecular weight excluding hydrogens is 324 g/mol. The van der Waals surface area contributed by atoms with Crippen LogP contribution < -0.4 is 10.2 Å². The lowest BCUT2D eigenvalue weighted by atomic mass is 10.2. The summed E-state index contributed by atoms with van der Waals surface area (Å²) in [6.45, 7) is 8.58. The van der Waals surface area contributed by atoms with Crippen LogP contribution in [0.25, 0.3) is 0 Å². The second-order valence-corrected chi connectivity index (χ2v) is 6.28. The predicted molar refractivity (Wildman–Crippen MR) is 107 cm³/mol. The minimum atomic E-state index is -0.0337. The van der Waals surface area contributed by atoms with Crippen LogP contribution in [0.2, 0.25) is 0 Å². The van der Waals surface area contributed by atoms with E-state index in [2.05, 4.69) is 46.4 Å². The average Bonchev–Trinajstić information content (AvgIpc) is 2.66. The number of anilines is 1. The van der Waals surface area contributed by atoms with Crippen LogP contribution in [0.1, 0.15) is 39.2 Å². The highest BCUT2D eigenvalue weighted by molar-refractivity contribution is 5.72. The van der Waals surface area contributed by atoms with Gasteiger partial charge in [0.05, 0.1) is 11.4 Å². The van der Waals surface area contributed by atoms with Crippen molar-refractivity contribution in [2.75, 3.05) is 18.0 Å². The Kier molecular flexibility index (Phi) is 7.80. The summed E-state index contributed by atoms with van der Waals surface area (Å²) >= 11 is 0. The first-order valence-corrected chi connectivity index (χ1v) is 9.22. The molecular formula is C21H28N4O. The maximum absolute atomic E-state index is 10.9. The van der Waals surface area contributed by atoms with Gasteiger partial charge >= 0.3 is 0 Å². The molecule has 138 valence electrons. The quantitative estimate of drug-likeness (QED) is 0.617. The molecule has 2 aromatic carbocycles. The summed E-state index contributed by atoms with van der Waals surface area (Å²) in [7, 11) is 0. The van der Waals surface area contributed by atoms with Gasteiger partial charge in [-0.05, 0) is 54.8 Å². The van der Waals surface area contributed by atoms with Crippen LogP contribution in [-0.4, -0.2) is 19.0 Å². The standard InChI is InChI=1S/C21H28N4O/c1-4-14-25(15-5-2)21-12-10-20(11-13-21)24-23-19-8-6-18(7-9-19)16-22-17(3)26/h6-13H,4-5,14-16H2,1-3H3,(H,22,26). The minimum Gasteiger partial charge on any atom is -0.372 e. The minimum absolute atomic E-state index is 0.0337. The molecule has 1 amide bonds. The molecule has 5 nitrogen and oxygen atoms in total. The number of amides is 1. The SMILES string of the molecule is CCCN(CCC)c1ccc(N=Nc2ccc(CNC(C)=O)cc2)cc1. The molecule has 2 aromatic rings. The van der Waals surface area contributed by atoms with Gasteiger partial charge in [0.25, 0.3) is 0 Å². The van der Waals surface area contributed by atoms with E-state index in [0.29, 0.717) is 6.54 Å². The van der Waals surface area contributed by atoms with Crippen molar-refractivity contribution in [2.24, 2.45) is 10.2 Å². The number of rotatable bonds is 9. The van der Waals surface area contributed by atoms with Crippen LogP contribution in [0, 0.1) is 0 Å². The van der Waals surface area contributed by atoms with E-state index in [4.69, 9.17) is 0 Å². The first-order valence-electron chi connectivity index (χ1n) is 9.22. The Morgan fingerprint density at radius 1 is 0.885 bits per heavy atom. The molecule has 2 rings (SSSR count). The Morgan fingerprint density at radius 3 is 1.85 bits per heavy atom. The molecule has 0 bridgehead atoms. The summed E-state index contributed by atoms with van der Waals surface area (Å²) in [6, 6.07) is 15.9. The molecule has 0 radical (unpaired) electrons. The molecule has 0 heterocycles. The van der Waals surface area contributed by atoms with Crippen molar-refractivity contribution in [2.45, 2.75) is 40.2 Å². The van der Waals surface area contributed by atoms with Gasteiger partial charge in [-0.1, -0.05) is 26.0 Å². The van der Waals surface area contributed by atoms with Gasteiger partial charge in [0.1, 0.15) is 0 Å². The molecule has 0 aromatic heterocycles. The molecule has 0 aliphatic carbocycles. The van der Waals surface area contributed by atoms with Crippen molar-refractivity contribution < 1.29 is 4.79 Å². The van der Waals surface area contributed by atoms with E-state index in [0.717, 1.165) is 42.9 Å². The van der Waals surface area contributed by atoms with Crippen LogP contribution in [0.15, 0.2) is 58.8 Å². The second kappa shape index (κ2) is 10.3. The molecule has 0 unspecified atom stereocenters. The zero-order valence-corrected chi connectivity index (χ0v) is 15.9. The Bertz CT molecular complexity index is 702.